The second-order valence-electron chi connectivity index (χ2n) is 6.13. The molecule has 1 heterocycles. The molecular formula is C17H24N2O3. The number of alkyl carbamates (subject to hydrolysis) is 1. The number of nitrogens with one attached hydrogen (secondary N) is 2. The molecule has 2 aromatic rings. The molecule has 0 unspecified atom stereocenters. The van der Waals surface area contributed by atoms with Crippen LogP contribution in [0.3, 0.4) is 0 Å². The topological polar surface area (TPSA) is 63.3 Å². The Balaban J connectivity index is 1.97. The minimum absolute atomic E-state index is 0.387. The third-order valence-electron chi connectivity index (χ3n) is 3.11. The number of hydrogen-bond donors (Lipinski definition) is 2. The Bertz CT molecular complexity index is 641. The lowest BCUT2D eigenvalue weighted by atomic mass is 10.1. The van der Waals surface area contributed by atoms with Crippen LogP contribution in [-0.4, -0.2) is 29.8 Å². The Morgan fingerprint density at radius 3 is 2.77 bits per heavy atom. The zero-order chi connectivity index (χ0) is 16.2. The van der Waals surface area contributed by atoms with Gasteiger partial charge in [0, 0.05) is 23.6 Å². The Morgan fingerprint density at radius 1 is 1.32 bits per heavy atom. The van der Waals surface area contributed by atoms with Crippen LogP contribution in [0.15, 0.2) is 24.4 Å². The van der Waals surface area contributed by atoms with Gasteiger partial charge in [-0.15, -0.1) is 0 Å². The maximum Gasteiger partial charge on any atom is 0.407 e. The van der Waals surface area contributed by atoms with Gasteiger partial charge in [-0.1, -0.05) is 0 Å². The average molecular weight is 304 g/mol. The summed E-state index contributed by atoms with van der Waals surface area (Å²) >= 11 is 0. The van der Waals surface area contributed by atoms with Crippen molar-refractivity contribution >= 4 is 17.0 Å². The third-order valence-corrected chi connectivity index (χ3v) is 3.11. The van der Waals surface area contributed by atoms with Crippen LogP contribution < -0.4 is 10.1 Å². The highest BCUT2D eigenvalue weighted by Gasteiger charge is 2.15. The third kappa shape index (κ3) is 4.41. The van der Waals surface area contributed by atoms with Gasteiger partial charge in [0.25, 0.3) is 0 Å². The maximum absolute atomic E-state index is 11.6. The first kappa shape index (κ1) is 16.2. The number of aromatic nitrogens is 1. The number of hydrogen-bond acceptors (Lipinski definition) is 3. The molecule has 0 atom stereocenters. The predicted molar refractivity (Wildman–Crippen MR) is 87.4 cm³/mol. The number of carbonyl (C=O) groups is 1. The Labute approximate surface area is 131 Å². The summed E-state index contributed by atoms with van der Waals surface area (Å²) in [6.07, 6.45) is 2.31. The van der Waals surface area contributed by atoms with E-state index in [0.29, 0.717) is 13.2 Å². The van der Waals surface area contributed by atoms with E-state index in [-0.39, 0.29) is 6.09 Å². The molecule has 2 N–H and O–H groups in total. The van der Waals surface area contributed by atoms with Crippen molar-refractivity contribution in [2.45, 2.75) is 39.7 Å². The van der Waals surface area contributed by atoms with Gasteiger partial charge >= 0.3 is 6.09 Å². The molecule has 0 spiro atoms. The molecule has 0 radical (unpaired) electrons. The van der Waals surface area contributed by atoms with E-state index < -0.39 is 5.60 Å². The van der Waals surface area contributed by atoms with E-state index in [1.807, 2.05) is 52.1 Å². The summed E-state index contributed by atoms with van der Waals surface area (Å²) in [6, 6.07) is 5.98. The lowest BCUT2D eigenvalue weighted by molar-refractivity contribution is 0.0528. The number of amides is 1. The molecule has 1 aromatic carbocycles. The molecule has 0 aliphatic carbocycles. The van der Waals surface area contributed by atoms with E-state index in [1.54, 1.807) is 0 Å². The first-order valence-electron chi connectivity index (χ1n) is 7.58. The summed E-state index contributed by atoms with van der Waals surface area (Å²) in [4.78, 5) is 14.9. The quantitative estimate of drug-likeness (QED) is 0.886. The molecule has 0 aliphatic heterocycles. The van der Waals surface area contributed by atoms with Crippen molar-refractivity contribution in [1.82, 2.24) is 10.3 Å². The number of fused-ring (bicyclic) bond motifs is 1. The molecule has 5 nitrogen and oxygen atoms in total. The van der Waals surface area contributed by atoms with Crippen molar-refractivity contribution in [1.29, 1.82) is 0 Å². The number of benzene rings is 1. The minimum atomic E-state index is -0.475. The van der Waals surface area contributed by atoms with Gasteiger partial charge < -0.3 is 19.8 Å². The van der Waals surface area contributed by atoms with Gasteiger partial charge in [-0.05, 0) is 57.9 Å². The Morgan fingerprint density at radius 2 is 2.09 bits per heavy atom. The molecule has 0 fully saturated rings. The van der Waals surface area contributed by atoms with Crippen molar-refractivity contribution in [2.24, 2.45) is 0 Å². The summed E-state index contributed by atoms with van der Waals surface area (Å²) in [5, 5.41) is 3.90. The highest BCUT2D eigenvalue weighted by Crippen LogP contribution is 2.24. The Kier molecular flexibility index (Phi) is 4.96. The summed E-state index contributed by atoms with van der Waals surface area (Å²) in [7, 11) is 0. The zero-order valence-electron chi connectivity index (χ0n) is 13.7. The number of aromatic amines is 1. The highest BCUT2D eigenvalue weighted by atomic mass is 16.6. The van der Waals surface area contributed by atoms with E-state index in [0.717, 1.165) is 28.6 Å². The fourth-order valence-corrected chi connectivity index (χ4v) is 2.23. The summed E-state index contributed by atoms with van der Waals surface area (Å²) in [6.45, 7) is 8.68. The maximum atomic E-state index is 11.6. The zero-order valence-corrected chi connectivity index (χ0v) is 13.7. The smallest absolute Gasteiger partial charge is 0.407 e. The van der Waals surface area contributed by atoms with Crippen LogP contribution >= 0.6 is 0 Å². The van der Waals surface area contributed by atoms with Crippen LogP contribution in [0.1, 0.15) is 33.3 Å². The predicted octanol–water partition coefficient (Wildman–Crippen LogP) is 3.63. The number of rotatable bonds is 5. The van der Waals surface area contributed by atoms with Crippen LogP contribution in [0.2, 0.25) is 0 Å². The number of ether oxygens (including phenoxy) is 2. The lowest BCUT2D eigenvalue weighted by Gasteiger charge is -2.19. The first-order chi connectivity index (χ1) is 10.4. The van der Waals surface area contributed by atoms with E-state index >= 15 is 0 Å². The van der Waals surface area contributed by atoms with Gasteiger partial charge in [0.1, 0.15) is 11.4 Å². The Hall–Kier alpha value is -2.17. The summed E-state index contributed by atoms with van der Waals surface area (Å²) in [5.74, 6) is 0.857. The van der Waals surface area contributed by atoms with Crippen molar-refractivity contribution in [3.05, 3.63) is 30.0 Å². The average Bonchev–Trinajstić information content (AvgIpc) is 2.80. The van der Waals surface area contributed by atoms with Crippen LogP contribution in [0.25, 0.3) is 10.9 Å². The molecule has 0 saturated carbocycles. The SMILES string of the molecule is CCOc1ccc2[nH]cc(CCNC(=O)OC(C)(C)C)c2c1. The lowest BCUT2D eigenvalue weighted by Crippen LogP contribution is -2.33. The van der Waals surface area contributed by atoms with Gasteiger partial charge in [0.2, 0.25) is 0 Å². The van der Waals surface area contributed by atoms with E-state index in [9.17, 15) is 4.79 Å². The van der Waals surface area contributed by atoms with Gasteiger partial charge in [0.05, 0.1) is 6.61 Å². The molecule has 1 aromatic heterocycles. The number of carbonyl (C=O) groups excluding carboxylic acids is 1. The standard InChI is InChI=1S/C17H24N2O3/c1-5-21-13-6-7-15-14(10-13)12(11-19-15)8-9-18-16(20)22-17(2,3)4/h6-7,10-11,19H,5,8-9H2,1-4H3,(H,18,20). The fraction of sp³-hybridized carbons (Fsp3) is 0.471. The normalized spacial score (nSPS) is 11.5. The molecule has 5 heteroatoms. The first-order valence-corrected chi connectivity index (χ1v) is 7.58. The van der Waals surface area contributed by atoms with E-state index in [1.165, 1.54) is 0 Å². The van der Waals surface area contributed by atoms with Crippen LogP contribution in [0, 0.1) is 0 Å². The van der Waals surface area contributed by atoms with Crippen LogP contribution in [-0.2, 0) is 11.2 Å². The van der Waals surface area contributed by atoms with Gasteiger partial charge in [0.15, 0.2) is 0 Å². The molecule has 0 aliphatic rings. The summed E-state index contributed by atoms with van der Waals surface area (Å²) < 4.78 is 10.8. The molecule has 0 saturated heterocycles. The summed E-state index contributed by atoms with van der Waals surface area (Å²) in [5.41, 5.74) is 1.74. The van der Waals surface area contributed by atoms with Crippen molar-refractivity contribution in [3.8, 4) is 5.75 Å². The molecule has 1 amide bonds. The molecule has 120 valence electrons. The largest absolute Gasteiger partial charge is 0.494 e. The van der Waals surface area contributed by atoms with Crippen LogP contribution in [0.5, 0.6) is 5.75 Å². The van der Waals surface area contributed by atoms with Gasteiger partial charge in [-0.2, -0.15) is 0 Å². The van der Waals surface area contributed by atoms with Gasteiger partial charge in [-0.3, -0.25) is 0 Å². The van der Waals surface area contributed by atoms with E-state index in [2.05, 4.69) is 10.3 Å². The van der Waals surface area contributed by atoms with Gasteiger partial charge in [-0.25, -0.2) is 4.79 Å². The second-order valence-corrected chi connectivity index (χ2v) is 6.13. The highest BCUT2D eigenvalue weighted by molar-refractivity contribution is 5.84. The van der Waals surface area contributed by atoms with Crippen molar-refractivity contribution < 1.29 is 14.3 Å². The molecular weight excluding hydrogens is 280 g/mol. The number of H-pyrrole nitrogens is 1. The van der Waals surface area contributed by atoms with Crippen molar-refractivity contribution in [3.63, 3.8) is 0 Å². The molecule has 22 heavy (non-hydrogen) atoms. The fourth-order valence-electron chi connectivity index (χ4n) is 2.23. The van der Waals surface area contributed by atoms with Crippen molar-refractivity contribution in [2.75, 3.05) is 13.2 Å². The monoisotopic (exact) mass is 304 g/mol. The van der Waals surface area contributed by atoms with Crippen LogP contribution in [0.4, 0.5) is 4.79 Å². The second kappa shape index (κ2) is 6.73. The molecule has 0 bridgehead atoms. The minimum Gasteiger partial charge on any atom is -0.494 e. The molecule has 2 rings (SSSR count). The van der Waals surface area contributed by atoms with E-state index in [4.69, 9.17) is 9.47 Å².